The number of anilines is 1. The highest BCUT2D eigenvalue weighted by Crippen LogP contribution is 2.41. The molecule has 0 aliphatic carbocycles. The van der Waals surface area contributed by atoms with Gasteiger partial charge in [-0.2, -0.15) is 0 Å². The molecule has 1 amide bonds. The fourth-order valence-corrected chi connectivity index (χ4v) is 5.94. The normalized spacial score (nSPS) is 14.6. The summed E-state index contributed by atoms with van der Waals surface area (Å²) in [5.41, 5.74) is 4.61. The van der Waals surface area contributed by atoms with Crippen LogP contribution in [0.1, 0.15) is 36.0 Å². The Hall–Kier alpha value is -4.96. The number of nitrogens with zero attached hydrogens (tertiary/aromatic N) is 1. The number of aliphatic carboxylic acids is 1. The van der Waals surface area contributed by atoms with Gasteiger partial charge in [0, 0.05) is 24.9 Å². The van der Waals surface area contributed by atoms with Gasteiger partial charge in [-0.25, -0.2) is 0 Å². The van der Waals surface area contributed by atoms with Crippen molar-refractivity contribution in [2.24, 2.45) is 0 Å². The van der Waals surface area contributed by atoms with Crippen LogP contribution in [-0.2, 0) is 16.1 Å². The molecular weight excluding hydrogens is 494 g/mol. The Morgan fingerprint density at radius 2 is 1.30 bits per heavy atom. The minimum absolute atomic E-state index is 0.0934. The molecule has 4 nitrogen and oxygen atoms in total. The number of rotatable bonds is 3. The number of hydrogen-bond acceptors (Lipinski definition) is 2. The molecule has 6 aromatic rings. The molecule has 0 radical (unpaired) electrons. The monoisotopic (exact) mass is 523 g/mol. The summed E-state index contributed by atoms with van der Waals surface area (Å²) in [6.45, 7) is 1.65. The second kappa shape index (κ2) is 10.7. The van der Waals surface area contributed by atoms with E-state index >= 15 is 0 Å². The molecule has 1 atom stereocenters. The van der Waals surface area contributed by atoms with Crippen molar-refractivity contribution in [3.8, 4) is 0 Å². The molecule has 4 heteroatoms. The lowest BCUT2D eigenvalue weighted by molar-refractivity contribution is -0.134. The van der Waals surface area contributed by atoms with E-state index in [0.29, 0.717) is 13.0 Å². The second-order valence-electron chi connectivity index (χ2n) is 10.2. The van der Waals surface area contributed by atoms with Gasteiger partial charge in [-0.05, 0) is 55.1 Å². The van der Waals surface area contributed by atoms with Crippen LogP contribution in [-0.4, -0.2) is 17.0 Å². The van der Waals surface area contributed by atoms with Crippen LogP contribution >= 0.6 is 0 Å². The maximum Gasteiger partial charge on any atom is 0.300 e. The van der Waals surface area contributed by atoms with Crippen LogP contribution < -0.4 is 4.90 Å². The summed E-state index contributed by atoms with van der Waals surface area (Å²) >= 11 is 0. The maximum absolute atomic E-state index is 13.6. The topological polar surface area (TPSA) is 57.6 Å². The molecule has 0 spiro atoms. The molecule has 40 heavy (non-hydrogen) atoms. The molecule has 1 heterocycles. The van der Waals surface area contributed by atoms with Crippen molar-refractivity contribution in [3.63, 3.8) is 0 Å². The van der Waals surface area contributed by atoms with E-state index in [0.717, 1.165) is 12.6 Å². The largest absolute Gasteiger partial charge is 0.481 e. The SMILES string of the molecule is CC(=O)O.O=C1CC(c2ccccc2)c2ccccc2N1Cc1cccc2c1ccc1c3ccccc3ccc21. The van der Waals surface area contributed by atoms with E-state index in [9.17, 15) is 4.79 Å². The van der Waals surface area contributed by atoms with Crippen molar-refractivity contribution in [2.75, 3.05) is 4.90 Å². The first kappa shape index (κ1) is 25.3. The van der Waals surface area contributed by atoms with Gasteiger partial charge in [-0.15, -0.1) is 0 Å². The van der Waals surface area contributed by atoms with Crippen molar-refractivity contribution in [3.05, 3.63) is 138 Å². The Labute approximate surface area is 233 Å². The Balaban J connectivity index is 0.000000680. The Morgan fingerprint density at radius 1 is 0.700 bits per heavy atom. The van der Waals surface area contributed by atoms with Gasteiger partial charge >= 0.3 is 0 Å². The summed E-state index contributed by atoms with van der Waals surface area (Å²) in [4.78, 5) is 24.5. The zero-order chi connectivity index (χ0) is 27.6. The number of carbonyl (C=O) groups excluding carboxylic acids is 1. The zero-order valence-corrected chi connectivity index (χ0v) is 22.2. The van der Waals surface area contributed by atoms with E-state index in [4.69, 9.17) is 9.90 Å². The van der Waals surface area contributed by atoms with Crippen LogP contribution in [0.15, 0.2) is 121 Å². The third-order valence-electron chi connectivity index (χ3n) is 7.69. The molecular formula is C36H29NO3. The van der Waals surface area contributed by atoms with Crippen molar-refractivity contribution in [2.45, 2.75) is 25.8 Å². The van der Waals surface area contributed by atoms with Gasteiger partial charge in [0.1, 0.15) is 0 Å². The van der Waals surface area contributed by atoms with Crippen LogP contribution in [0, 0.1) is 0 Å². The summed E-state index contributed by atoms with van der Waals surface area (Å²) in [7, 11) is 0. The van der Waals surface area contributed by atoms with Crippen molar-refractivity contribution in [1.29, 1.82) is 0 Å². The minimum Gasteiger partial charge on any atom is -0.481 e. The summed E-state index contributed by atoms with van der Waals surface area (Å²) in [6.07, 6.45) is 0.487. The number of carbonyl (C=O) groups is 2. The van der Waals surface area contributed by atoms with Crippen molar-refractivity contribution < 1.29 is 14.7 Å². The lowest BCUT2D eigenvalue weighted by atomic mass is 9.84. The van der Waals surface area contributed by atoms with E-state index < -0.39 is 5.97 Å². The predicted octanol–water partition coefficient (Wildman–Crippen LogP) is 8.31. The molecule has 196 valence electrons. The number of benzene rings is 6. The number of fused-ring (bicyclic) bond motifs is 6. The lowest BCUT2D eigenvalue weighted by Gasteiger charge is -2.34. The van der Waals surface area contributed by atoms with E-state index in [1.165, 1.54) is 49.0 Å². The van der Waals surface area contributed by atoms with Crippen LogP contribution in [0.5, 0.6) is 0 Å². The van der Waals surface area contributed by atoms with Gasteiger partial charge in [0.25, 0.3) is 5.97 Å². The van der Waals surface area contributed by atoms with Gasteiger partial charge in [-0.3, -0.25) is 9.59 Å². The van der Waals surface area contributed by atoms with Gasteiger partial charge in [0.05, 0.1) is 6.54 Å². The Bertz CT molecular complexity index is 1870. The number of para-hydroxylation sites is 1. The zero-order valence-electron chi connectivity index (χ0n) is 22.2. The molecule has 6 aromatic carbocycles. The number of amides is 1. The van der Waals surface area contributed by atoms with E-state index in [2.05, 4.69) is 109 Å². The van der Waals surface area contributed by atoms with Crippen molar-refractivity contribution >= 4 is 49.9 Å². The smallest absolute Gasteiger partial charge is 0.300 e. The van der Waals surface area contributed by atoms with Gasteiger partial charge < -0.3 is 10.0 Å². The first-order valence-corrected chi connectivity index (χ1v) is 13.5. The molecule has 0 aromatic heterocycles. The van der Waals surface area contributed by atoms with E-state index in [1.807, 2.05) is 17.0 Å². The standard InChI is InChI=1S/C34H25NO.C2H4O2/c36-34-21-32(23-9-2-1-3-10-23)31-14-6-7-16-33(31)35(34)22-25-12-8-15-28-27(25)19-20-29-26-13-5-4-11-24(26)17-18-30(28)29;1-2(3)4/h1-20,32H,21-22H2;1H3,(H,3,4). The number of carboxylic acid groups (broad SMARTS) is 1. The van der Waals surface area contributed by atoms with Crippen molar-refractivity contribution in [1.82, 2.24) is 0 Å². The predicted molar refractivity (Wildman–Crippen MR) is 163 cm³/mol. The van der Waals surface area contributed by atoms with Crippen LogP contribution in [0.4, 0.5) is 5.69 Å². The molecule has 7 rings (SSSR count). The average molecular weight is 524 g/mol. The summed E-state index contributed by atoms with van der Waals surface area (Å²) in [6, 6.07) is 42.7. The fourth-order valence-electron chi connectivity index (χ4n) is 5.94. The quantitative estimate of drug-likeness (QED) is 0.237. The third kappa shape index (κ3) is 4.69. The Morgan fingerprint density at radius 3 is 2.12 bits per heavy atom. The Kier molecular flexibility index (Phi) is 6.75. The van der Waals surface area contributed by atoms with Crippen LogP contribution in [0.2, 0.25) is 0 Å². The molecule has 0 bridgehead atoms. The molecule has 0 saturated carbocycles. The average Bonchev–Trinajstić information content (AvgIpc) is 2.98. The molecule has 1 aliphatic heterocycles. The molecule has 0 saturated heterocycles. The van der Waals surface area contributed by atoms with Crippen LogP contribution in [0.3, 0.4) is 0 Å². The molecule has 0 fully saturated rings. The highest BCUT2D eigenvalue weighted by Gasteiger charge is 2.32. The maximum atomic E-state index is 13.6. The lowest BCUT2D eigenvalue weighted by Crippen LogP contribution is -2.36. The first-order chi connectivity index (χ1) is 19.5. The number of carboxylic acids is 1. The fraction of sp³-hybridized carbons (Fsp3) is 0.111. The minimum atomic E-state index is -0.833. The van der Waals surface area contributed by atoms with Gasteiger partial charge in [0.2, 0.25) is 5.91 Å². The molecule has 1 N–H and O–H groups in total. The summed E-state index contributed by atoms with van der Waals surface area (Å²) in [5, 5.41) is 14.9. The van der Waals surface area contributed by atoms with E-state index in [1.54, 1.807) is 0 Å². The number of hydrogen-bond donors (Lipinski definition) is 1. The highest BCUT2D eigenvalue weighted by molar-refractivity contribution is 6.17. The van der Waals surface area contributed by atoms with Crippen LogP contribution in [0.25, 0.3) is 32.3 Å². The highest BCUT2D eigenvalue weighted by atomic mass is 16.4. The first-order valence-electron chi connectivity index (χ1n) is 13.5. The van der Waals surface area contributed by atoms with E-state index in [-0.39, 0.29) is 11.8 Å². The van der Waals surface area contributed by atoms with Gasteiger partial charge in [-0.1, -0.05) is 115 Å². The summed E-state index contributed by atoms with van der Waals surface area (Å²) in [5.74, 6) is -0.567. The second-order valence-corrected chi connectivity index (χ2v) is 10.2. The third-order valence-corrected chi connectivity index (χ3v) is 7.69. The molecule has 1 aliphatic rings. The molecule has 1 unspecified atom stereocenters. The van der Waals surface area contributed by atoms with Gasteiger partial charge in [0.15, 0.2) is 0 Å². The summed E-state index contributed by atoms with van der Waals surface area (Å²) < 4.78 is 0.